The van der Waals surface area contributed by atoms with Crippen molar-refractivity contribution in [1.82, 2.24) is 10.2 Å². The van der Waals surface area contributed by atoms with Crippen LogP contribution < -0.4 is 4.90 Å². The van der Waals surface area contributed by atoms with Gasteiger partial charge in [-0.2, -0.15) is 0 Å². The molecule has 1 aromatic rings. The summed E-state index contributed by atoms with van der Waals surface area (Å²) in [6.07, 6.45) is 3.24. The molecule has 1 saturated heterocycles. The molecule has 0 aromatic carbocycles. The highest BCUT2D eigenvalue weighted by Gasteiger charge is 2.26. The van der Waals surface area contributed by atoms with Gasteiger partial charge in [-0.3, -0.25) is 0 Å². The largest absolute Gasteiger partial charge is 0.393 e. The van der Waals surface area contributed by atoms with Crippen molar-refractivity contribution in [2.45, 2.75) is 43.9 Å². The zero-order valence-electron chi connectivity index (χ0n) is 12.7. The molecule has 1 aliphatic heterocycles. The van der Waals surface area contributed by atoms with Crippen molar-refractivity contribution >= 4 is 17.4 Å². The van der Waals surface area contributed by atoms with Crippen LogP contribution in [-0.4, -0.2) is 54.3 Å². The van der Waals surface area contributed by atoms with Crippen LogP contribution in [0.2, 0.25) is 5.15 Å². The van der Waals surface area contributed by atoms with Gasteiger partial charge in [0.2, 0.25) is 0 Å². The Bertz CT molecular complexity index is 503. The molecule has 1 aliphatic carbocycles. The van der Waals surface area contributed by atoms with E-state index < -0.39 is 0 Å². The van der Waals surface area contributed by atoms with Crippen LogP contribution in [0.5, 0.6) is 0 Å². The molecule has 0 radical (unpaired) electrons. The summed E-state index contributed by atoms with van der Waals surface area (Å²) in [4.78, 5) is 2.13. The highest BCUT2D eigenvalue weighted by Crippen LogP contribution is 2.30. The minimum Gasteiger partial charge on any atom is -0.393 e. The van der Waals surface area contributed by atoms with E-state index in [2.05, 4.69) is 15.1 Å². The van der Waals surface area contributed by atoms with Crippen LogP contribution in [0.1, 0.15) is 37.4 Å². The molecule has 0 amide bonds. The Kier molecular flexibility index (Phi) is 5.13. The third kappa shape index (κ3) is 3.51. The van der Waals surface area contributed by atoms with E-state index in [-0.39, 0.29) is 12.2 Å². The first kappa shape index (κ1) is 15.9. The second-order valence-corrected chi connectivity index (χ2v) is 6.31. The fourth-order valence-corrected chi connectivity index (χ4v) is 3.29. The van der Waals surface area contributed by atoms with Crippen LogP contribution >= 0.6 is 11.6 Å². The lowest BCUT2D eigenvalue weighted by atomic mass is 9.92. The third-order valence-corrected chi connectivity index (χ3v) is 4.80. The Morgan fingerprint density at radius 2 is 2.00 bits per heavy atom. The maximum absolute atomic E-state index is 9.64. The molecule has 22 heavy (non-hydrogen) atoms. The van der Waals surface area contributed by atoms with Gasteiger partial charge in [-0.1, -0.05) is 11.6 Å². The number of nitrogens with zero attached hydrogens (tertiary/aromatic N) is 3. The van der Waals surface area contributed by atoms with Crippen LogP contribution in [0.3, 0.4) is 0 Å². The van der Waals surface area contributed by atoms with E-state index in [9.17, 15) is 5.11 Å². The van der Waals surface area contributed by atoms with Gasteiger partial charge in [0.1, 0.15) is 6.10 Å². The fourth-order valence-electron chi connectivity index (χ4n) is 3.08. The number of aliphatic hydroxyl groups excluding tert-OH is 1. The van der Waals surface area contributed by atoms with Crippen molar-refractivity contribution in [2.75, 3.05) is 31.8 Å². The maximum atomic E-state index is 9.64. The molecule has 3 rings (SSSR count). The average Bonchev–Trinajstić information content (AvgIpc) is 2.56. The molecular formula is C15H22ClN3O3. The van der Waals surface area contributed by atoms with E-state index in [1.807, 2.05) is 13.1 Å². The first-order chi connectivity index (χ1) is 10.6. The SMILES string of the molecule is CN(c1cc(C2COCCO2)c(Cl)nn1)C1CCC(O)CC1. The van der Waals surface area contributed by atoms with E-state index in [1.54, 1.807) is 0 Å². The molecule has 7 heteroatoms. The highest BCUT2D eigenvalue weighted by molar-refractivity contribution is 6.30. The molecule has 2 fully saturated rings. The summed E-state index contributed by atoms with van der Waals surface area (Å²) in [6.45, 7) is 1.67. The lowest BCUT2D eigenvalue weighted by molar-refractivity contribution is -0.0902. The first-order valence-electron chi connectivity index (χ1n) is 7.78. The molecule has 6 nitrogen and oxygen atoms in total. The molecule has 1 atom stereocenters. The van der Waals surface area contributed by atoms with Gasteiger partial charge in [0.25, 0.3) is 0 Å². The Morgan fingerprint density at radius 1 is 1.23 bits per heavy atom. The number of hydrogen-bond acceptors (Lipinski definition) is 6. The third-order valence-electron chi connectivity index (χ3n) is 4.50. The topological polar surface area (TPSA) is 67.7 Å². The van der Waals surface area contributed by atoms with Gasteiger partial charge in [0, 0.05) is 18.7 Å². The summed E-state index contributed by atoms with van der Waals surface area (Å²) < 4.78 is 11.2. The second-order valence-electron chi connectivity index (χ2n) is 5.96. The van der Waals surface area contributed by atoms with Gasteiger partial charge in [-0.15, -0.1) is 10.2 Å². The predicted octanol–water partition coefficient (Wildman–Crippen LogP) is 1.96. The first-order valence-corrected chi connectivity index (χ1v) is 8.16. The Balaban J connectivity index is 1.76. The monoisotopic (exact) mass is 327 g/mol. The van der Waals surface area contributed by atoms with Crippen molar-refractivity contribution < 1.29 is 14.6 Å². The van der Waals surface area contributed by atoms with E-state index in [1.165, 1.54) is 0 Å². The number of rotatable bonds is 3. The van der Waals surface area contributed by atoms with Gasteiger partial charge in [0.15, 0.2) is 11.0 Å². The Hall–Kier alpha value is -0.950. The normalized spacial score (nSPS) is 29.3. The second kappa shape index (κ2) is 7.08. The molecule has 0 bridgehead atoms. The highest BCUT2D eigenvalue weighted by atomic mass is 35.5. The van der Waals surface area contributed by atoms with Crippen molar-refractivity contribution in [1.29, 1.82) is 0 Å². The van der Waals surface area contributed by atoms with Crippen LogP contribution in [0.4, 0.5) is 5.82 Å². The van der Waals surface area contributed by atoms with E-state index in [0.717, 1.165) is 37.1 Å². The summed E-state index contributed by atoms with van der Waals surface area (Å²) in [5.41, 5.74) is 0.828. The van der Waals surface area contributed by atoms with Crippen molar-refractivity contribution in [3.63, 3.8) is 0 Å². The Labute approximate surface area is 135 Å². The van der Waals surface area contributed by atoms with Crippen LogP contribution in [-0.2, 0) is 9.47 Å². The van der Waals surface area contributed by atoms with Gasteiger partial charge in [0.05, 0.1) is 25.9 Å². The van der Waals surface area contributed by atoms with Crippen LogP contribution in [0.25, 0.3) is 0 Å². The molecule has 1 unspecified atom stereocenters. The molecule has 0 spiro atoms. The van der Waals surface area contributed by atoms with E-state index >= 15 is 0 Å². The summed E-state index contributed by atoms with van der Waals surface area (Å²) in [5.74, 6) is 0.787. The summed E-state index contributed by atoms with van der Waals surface area (Å²) in [6, 6.07) is 2.31. The van der Waals surface area contributed by atoms with E-state index in [0.29, 0.717) is 31.0 Å². The van der Waals surface area contributed by atoms with Gasteiger partial charge in [-0.05, 0) is 31.7 Å². The molecule has 2 heterocycles. The van der Waals surface area contributed by atoms with Crippen molar-refractivity contribution in [3.8, 4) is 0 Å². The van der Waals surface area contributed by atoms with Gasteiger partial charge >= 0.3 is 0 Å². The molecule has 1 N–H and O–H groups in total. The predicted molar refractivity (Wildman–Crippen MR) is 83.2 cm³/mol. The number of hydrogen-bond donors (Lipinski definition) is 1. The van der Waals surface area contributed by atoms with Crippen molar-refractivity contribution in [2.24, 2.45) is 0 Å². The summed E-state index contributed by atoms with van der Waals surface area (Å²) in [7, 11) is 2.02. The minimum atomic E-state index is -0.183. The minimum absolute atomic E-state index is 0.163. The lowest BCUT2D eigenvalue weighted by Gasteiger charge is -2.34. The number of aliphatic hydroxyl groups is 1. The Morgan fingerprint density at radius 3 is 2.68 bits per heavy atom. The number of ether oxygens (including phenoxy) is 2. The molecular weight excluding hydrogens is 306 g/mol. The van der Waals surface area contributed by atoms with Crippen LogP contribution in [0.15, 0.2) is 6.07 Å². The van der Waals surface area contributed by atoms with Crippen molar-refractivity contribution in [3.05, 3.63) is 16.8 Å². The molecule has 122 valence electrons. The number of aromatic nitrogens is 2. The zero-order chi connectivity index (χ0) is 15.5. The molecule has 1 aromatic heterocycles. The fraction of sp³-hybridized carbons (Fsp3) is 0.733. The van der Waals surface area contributed by atoms with Crippen LogP contribution in [0, 0.1) is 0 Å². The van der Waals surface area contributed by atoms with Gasteiger partial charge < -0.3 is 19.5 Å². The quantitative estimate of drug-likeness (QED) is 0.915. The number of anilines is 1. The van der Waals surface area contributed by atoms with Gasteiger partial charge in [-0.25, -0.2) is 0 Å². The zero-order valence-corrected chi connectivity index (χ0v) is 13.5. The number of halogens is 1. The van der Waals surface area contributed by atoms with E-state index in [4.69, 9.17) is 21.1 Å². The standard InChI is InChI=1S/C15H22ClN3O3/c1-19(10-2-4-11(20)5-3-10)14-8-12(15(16)18-17-14)13-9-21-6-7-22-13/h8,10-11,13,20H,2-7,9H2,1H3. The average molecular weight is 328 g/mol. The smallest absolute Gasteiger partial charge is 0.157 e. The maximum Gasteiger partial charge on any atom is 0.157 e. The summed E-state index contributed by atoms with van der Waals surface area (Å²) >= 11 is 6.18. The molecule has 1 saturated carbocycles. The lowest BCUT2D eigenvalue weighted by Crippen LogP contribution is -2.37. The summed E-state index contributed by atoms with van der Waals surface area (Å²) in [5, 5.41) is 18.3. The molecule has 2 aliphatic rings.